The lowest BCUT2D eigenvalue weighted by molar-refractivity contribution is 0.0994. The highest BCUT2D eigenvalue weighted by atomic mass is 35.5. The second-order valence-corrected chi connectivity index (χ2v) is 11.0. The summed E-state index contributed by atoms with van der Waals surface area (Å²) in [6.45, 7) is 3.43. The Morgan fingerprint density at radius 3 is 2.17 bits per heavy atom. The number of amides is 2. The van der Waals surface area contributed by atoms with E-state index >= 15 is 0 Å². The van der Waals surface area contributed by atoms with Gasteiger partial charge >= 0.3 is 0 Å². The summed E-state index contributed by atoms with van der Waals surface area (Å²) in [6.07, 6.45) is 2.73. The maximum absolute atomic E-state index is 12.9. The van der Waals surface area contributed by atoms with Crippen molar-refractivity contribution in [2.45, 2.75) is 33.1 Å². The third kappa shape index (κ3) is 7.26. The first kappa shape index (κ1) is 30.9. The lowest BCUT2D eigenvalue weighted by Gasteiger charge is -2.09. The van der Waals surface area contributed by atoms with E-state index in [1.165, 1.54) is 33.8 Å². The molecule has 238 valence electrons. The summed E-state index contributed by atoms with van der Waals surface area (Å²) < 4.78 is 7.90. The fourth-order valence-electron chi connectivity index (χ4n) is 4.76. The van der Waals surface area contributed by atoms with Gasteiger partial charge in [-0.1, -0.05) is 11.6 Å². The minimum Gasteiger partial charge on any atom is -0.459 e. The maximum Gasteiger partial charge on any atom is 0.292 e. The number of aromatic amines is 2. The minimum absolute atomic E-state index is 0.0984. The molecule has 1 aromatic carbocycles. The molecule has 47 heavy (non-hydrogen) atoms. The monoisotopic (exact) mass is 654 g/mol. The Bertz CT molecular complexity index is 2200. The molecule has 0 saturated carbocycles. The van der Waals surface area contributed by atoms with Crippen LogP contribution in [-0.4, -0.2) is 51.3 Å². The third-order valence-electron chi connectivity index (χ3n) is 6.83. The minimum atomic E-state index is -0.504. The molecule has 6 rings (SSSR count). The second-order valence-electron chi connectivity index (χ2n) is 10.5. The molecule has 5 aromatic heterocycles. The molecule has 0 atom stereocenters. The quantitative estimate of drug-likeness (QED) is 0.170. The molecule has 0 aliphatic rings. The van der Waals surface area contributed by atoms with E-state index in [0.717, 1.165) is 0 Å². The topological polar surface area (TPSA) is 198 Å². The van der Waals surface area contributed by atoms with E-state index in [-0.39, 0.29) is 34.9 Å². The number of H-pyrrole nitrogens is 2. The Hall–Kier alpha value is -6.09. The molecule has 0 aliphatic carbocycles. The highest BCUT2D eigenvalue weighted by Crippen LogP contribution is 2.19. The molecule has 0 saturated heterocycles. The van der Waals surface area contributed by atoms with E-state index in [0.29, 0.717) is 58.4 Å². The van der Waals surface area contributed by atoms with Crippen LogP contribution in [0, 0.1) is 13.8 Å². The van der Waals surface area contributed by atoms with Crippen molar-refractivity contribution in [3.8, 4) is 11.9 Å². The molecule has 2 amide bonds. The number of halogens is 1. The van der Waals surface area contributed by atoms with Crippen LogP contribution in [0.2, 0.25) is 5.02 Å². The summed E-state index contributed by atoms with van der Waals surface area (Å²) in [5.41, 5.74) is 1.77. The molecule has 4 N–H and O–H groups in total. The predicted octanol–water partition coefficient (Wildman–Crippen LogP) is 3.77. The van der Waals surface area contributed by atoms with Crippen molar-refractivity contribution in [1.82, 2.24) is 39.5 Å². The number of furan rings is 1. The zero-order valence-corrected chi connectivity index (χ0v) is 25.8. The Morgan fingerprint density at radius 2 is 1.45 bits per heavy atom. The van der Waals surface area contributed by atoms with Crippen LogP contribution in [0.15, 0.2) is 80.9 Å². The van der Waals surface area contributed by atoms with Crippen LogP contribution in [0.4, 0.5) is 11.6 Å². The van der Waals surface area contributed by atoms with Gasteiger partial charge in [0, 0.05) is 46.2 Å². The van der Waals surface area contributed by atoms with E-state index in [1.807, 2.05) is 0 Å². The lowest BCUT2D eigenvalue weighted by Crippen LogP contribution is -2.19. The van der Waals surface area contributed by atoms with Crippen LogP contribution in [0.1, 0.15) is 50.1 Å². The van der Waals surface area contributed by atoms with Gasteiger partial charge in [-0.25, -0.2) is 9.97 Å². The van der Waals surface area contributed by atoms with Crippen molar-refractivity contribution < 1.29 is 14.0 Å². The van der Waals surface area contributed by atoms with Crippen molar-refractivity contribution in [1.29, 1.82) is 0 Å². The fourth-order valence-corrected chi connectivity index (χ4v) is 4.89. The van der Waals surface area contributed by atoms with E-state index in [1.54, 1.807) is 56.3 Å². The maximum atomic E-state index is 12.9. The molecule has 16 heteroatoms. The first-order valence-electron chi connectivity index (χ1n) is 14.4. The highest BCUT2D eigenvalue weighted by Gasteiger charge is 2.18. The summed E-state index contributed by atoms with van der Waals surface area (Å²) in [5.74, 6) is 0.0652. The number of anilines is 2. The number of aryl methyl sites for hydroxylation is 4. The molecule has 0 unspecified atom stereocenters. The molecule has 0 aliphatic heterocycles. The molecule has 0 radical (unpaired) electrons. The normalized spacial score (nSPS) is 11.0. The van der Waals surface area contributed by atoms with E-state index < -0.39 is 11.5 Å². The number of nitrogens with one attached hydrogen (secondary N) is 4. The molecular formula is C31H27ClN10O5. The second kappa shape index (κ2) is 13.1. The number of carbonyl (C=O) groups is 2. The number of rotatable bonds is 10. The smallest absolute Gasteiger partial charge is 0.292 e. The van der Waals surface area contributed by atoms with Crippen molar-refractivity contribution in [2.24, 2.45) is 0 Å². The standard InChI is InChI=1S/C31H27ClN10O5/c1-17-14-26(43)37-30(33-17)42-25(36-29(46)23-7-4-12-47-23)15-22(40-42)6-3-5-21-16-27(44)38-31(34-21)41-24(13-18(2)39-41)35-28(45)19-8-10-20(32)11-9-19/h4,7-16H,3,5-6H2,1-2H3,(H,35,45)(H,36,46)(H,33,37,43)(H,34,38,44). The van der Waals surface area contributed by atoms with Gasteiger partial charge in [-0.3, -0.25) is 29.1 Å². The highest BCUT2D eigenvalue weighted by molar-refractivity contribution is 6.30. The molecule has 15 nitrogen and oxygen atoms in total. The molecule has 0 bridgehead atoms. The zero-order chi connectivity index (χ0) is 33.1. The third-order valence-corrected chi connectivity index (χ3v) is 7.08. The Morgan fingerprint density at radius 1 is 0.787 bits per heavy atom. The largest absolute Gasteiger partial charge is 0.459 e. The number of benzene rings is 1. The summed E-state index contributed by atoms with van der Waals surface area (Å²) in [5, 5.41) is 15.0. The average Bonchev–Trinajstić information content (AvgIpc) is 3.77. The van der Waals surface area contributed by atoms with Gasteiger partial charge in [-0.15, -0.1) is 0 Å². The molecular weight excluding hydrogens is 628 g/mol. The van der Waals surface area contributed by atoms with Crippen LogP contribution in [0.25, 0.3) is 11.9 Å². The van der Waals surface area contributed by atoms with Crippen LogP contribution >= 0.6 is 11.6 Å². The van der Waals surface area contributed by atoms with Gasteiger partial charge in [0.05, 0.1) is 17.7 Å². The first-order chi connectivity index (χ1) is 22.6. The van der Waals surface area contributed by atoms with Gasteiger partial charge in [-0.05, 0) is 69.5 Å². The molecule has 5 heterocycles. The van der Waals surface area contributed by atoms with Gasteiger partial charge < -0.3 is 15.1 Å². The van der Waals surface area contributed by atoms with Crippen LogP contribution in [0.3, 0.4) is 0 Å². The Kier molecular flexibility index (Phi) is 8.62. The van der Waals surface area contributed by atoms with E-state index in [2.05, 4.69) is 40.8 Å². The first-order valence-corrected chi connectivity index (χ1v) is 14.8. The van der Waals surface area contributed by atoms with Gasteiger partial charge in [0.1, 0.15) is 11.6 Å². The number of aromatic nitrogens is 8. The number of hydrogen-bond donors (Lipinski definition) is 4. The van der Waals surface area contributed by atoms with Crippen molar-refractivity contribution >= 4 is 35.1 Å². The summed E-state index contributed by atoms with van der Waals surface area (Å²) >= 11 is 5.94. The Labute approximate surface area is 270 Å². The molecule has 0 fully saturated rings. The van der Waals surface area contributed by atoms with Gasteiger partial charge in [0.15, 0.2) is 5.76 Å². The van der Waals surface area contributed by atoms with Crippen LogP contribution in [0.5, 0.6) is 0 Å². The number of nitrogens with zero attached hydrogens (tertiary/aromatic N) is 6. The fraction of sp³-hybridized carbons (Fsp3) is 0.161. The number of carbonyl (C=O) groups excluding carboxylic acids is 2. The summed E-state index contributed by atoms with van der Waals surface area (Å²) in [6, 6.07) is 15.6. The summed E-state index contributed by atoms with van der Waals surface area (Å²) in [7, 11) is 0. The van der Waals surface area contributed by atoms with Crippen molar-refractivity contribution in [3.63, 3.8) is 0 Å². The zero-order valence-electron chi connectivity index (χ0n) is 25.1. The van der Waals surface area contributed by atoms with Crippen LogP contribution in [-0.2, 0) is 12.8 Å². The summed E-state index contributed by atoms with van der Waals surface area (Å²) in [4.78, 5) is 64.6. The number of hydrogen-bond acceptors (Lipinski definition) is 9. The predicted molar refractivity (Wildman–Crippen MR) is 172 cm³/mol. The van der Waals surface area contributed by atoms with E-state index in [9.17, 15) is 19.2 Å². The Balaban J connectivity index is 1.20. The molecule has 6 aromatic rings. The molecule has 0 spiro atoms. The average molecular weight is 655 g/mol. The SMILES string of the molecule is Cc1cc(=O)[nH]c(-n2nc(CCCc3cc(=O)[nH]c(-n4nc(C)cc4NC(=O)c4ccc(Cl)cc4)n3)cc2NC(=O)c2ccco2)n1. The van der Waals surface area contributed by atoms with Gasteiger partial charge in [0.25, 0.3) is 22.9 Å². The van der Waals surface area contributed by atoms with E-state index in [4.69, 9.17) is 16.0 Å². The van der Waals surface area contributed by atoms with Crippen molar-refractivity contribution in [3.05, 3.63) is 127 Å². The van der Waals surface area contributed by atoms with Gasteiger partial charge in [0.2, 0.25) is 11.9 Å². The lowest BCUT2D eigenvalue weighted by atomic mass is 10.1. The van der Waals surface area contributed by atoms with Gasteiger partial charge in [-0.2, -0.15) is 19.6 Å². The van der Waals surface area contributed by atoms with Crippen molar-refractivity contribution in [2.75, 3.05) is 10.6 Å². The van der Waals surface area contributed by atoms with Crippen LogP contribution < -0.4 is 21.8 Å².